The molecule has 2 aromatic carbocycles. The Balaban J connectivity index is 0.00000302. The van der Waals surface area contributed by atoms with E-state index in [0.29, 0.717) is 32.7 Å². The van der Waals surface area contributed by atoms with Gasteiger partial charge in [0.15, 0.2) is 6.61 Å². The maximum Gasteiger partial charge on any atom is 0.422 e. The highest BCUT2D eigenvalue weighted by molar-refractivity contribution is 5.92. The van der Waals surface area contributed by atoms with E-state index >= 15 is 0 Å². The lowest BCUT2D eigenvalue weighted by molar-refractivity contribution is -0.154. The minimum atomic E-state index is -4.59. The monoisotopic (exact) mass is 763 g/mol. The Morgan fingerprint density at radius 2 is 1.54 bits per heavy atom. The van der Waals surface area contributed by atoms with Crippen molar-refractivity contribution in [3.63, 3.8) is 0 Å². The standard InChI is InChI=1S/C36H40F3N7O4.2ClH/c1-4-49-35-42-32(48-3)28(33(43-35)50-23-36(37,38)39)21-44-19-27-20-45(34(47)29-18-40-24(2)17-41-29)15-16-46(27)30(22-44)31(25-11-7-5-8-12-25)26-13-9-6-10-14-26;;/h5-14,17-18,27,30-31H,4,15-16,19-23H2,1-3H3;2*1H. The molecule has 0 spiro atoms. The van der Waals surface area contributed by atoms with Crippen molar-refractivity contribution in [2.45, 2.75) is 44.6 Å². The molecule has 0 N–H and O–H groups in total. The van der Waals surface area contributed by atoms with Gasteiger partial charge in [0.2, 0.25) is 11.8 Å². The minimum Gasteiger partial charge on any atom is -0.481 e. The fourth-order valence-corrected chi connectivity index (χ4v) is 6.86. The maximum absolute atomic E-state index is 13.6. The minimum absolute atomic E-state index is 0. The van der Waals surface area contributed by atoms with E-state index in [1.807, 2.05) is 43.3 Å². The highest BCUT2D eigenvalue weighted by Gasteiger charge is 2.44. The molecule has 2 saturated heterocycles. The third-order valence-corrected chi connectivity index (χ3v) is 8.99. The predicted octanol–water partition coefficient (Wildman–Crippen LogP) is 5.61. The molecule has 0 saturated carbocycles. The molecule has 4 aromatic rings. The fourth-order valence-electron chi connectivity index (χ4n) is 6.86. The van der Waals surface area contributed by atoms with Gasteiger partial charge in [-0.15, -0.1) is 24.8 Å². The van der Waals surface area contributed by atoms with E-state index in [1.54, 1.807) is 18.0 Å². The number of nitrogens with zero attached hydrogens (tertiary/aromatic N) is 7. The second-order valence-corrected chi connectivity index (χ2v) is 12.4. The van der Waals surface area contributed by atoms with Crippen molar-refractivity contribution in [2.24, 2.45) is 0 Å². The van der Waals surface area contributed by atoms with Gasteiger partial charge < -0.3 is 19.1 Å². The summed E-state index contributed by atoms with van der Waals surface area (Å²) in [5.74, 6) is -0.427. The summed E-state index contributed by atoms with van der Waals surface area (Å²) in [6.45, 7) is 4.96. The van der Waals surface area contributed by atoms with Crippen molar-refractivity contribution >= 4 is 30.7 Å². The zero-order valence-corrected chi connectivity index (χ0v) is 30.7. The number of aryl methyl sites for hydroxylation is 1. The van der Waals surface area contributed by atoms with Gasteiger partial charge in [-0.2, -0.15) is 23.1 Å². The average molecular weight is 765 g/mol. The Labute approximate surface area is 313 Å². The van der Waals surface area contributed by atoms with E-state index in [1.165, 1.54) is 13.3 Å². The lowest BCUT2D eigenvalue weighted by Gasteiger charge is -2.53. The maximum atomic E-state index is 13.6. The first-order valence-corrected chi connectivity index (χ1v) is 16.6. The summed E-state index contributed by atoms with van der Waals surface area (Å²) in [4.78, 5) is 37.2. The number of halogens is 5. The first-order chi connectivity index (χ1) is 24.1. The van der Waals surface area contributed by atoms with Crippen molar-refractivity contribution in [1.82, 2.24) is 34.6 Å². The van der Waals surface area contributed by atoms with Crippen molar-refractivity contribution < 1.29 is 32.2 Å². The fraction of sp³-hybridized carbons (Fsp3) is 0.417. The van der Waals surface area contributed by atoms with Gasteiger partial charge >= 0.3 is 12.2 Å². The Morgan fingerprint density at radius 3 is 2.12 bits per heavy atom. The van der Waals surface area contributed by atoms with E-state index < -0.39 is 12.8 Å². The van der Waals surface area contributed by atoms with Crippen LogP contribution in [0.3, 0.4) is 0 Å². The van der Waals surface area contributed by atoms with Gasteiger partial charge in [0.25, 0.3) is 5.91 Å². The smallest absolute Gasteiger partial charge is 0.422 e. The van der Waals surface area contributed by atoms with Crippen molar-refractivity contribution in [3.8, 4) is 17.8 Å². The molecule has 6 rings (SSSR count). The van der Waals surface area contributed by atoms with Crippen molar-refractivity contribution in [2.75, 3.05) is 53.0 Å². The average Bonchev–Trinajstić information content (AvgIpc) is 3.12. The number of hydrogen-bond acceptors (Lipinski definition) is 10. The second-order valence-electron chi connectivity index (χ2n) is 12.4. The van der Waals surface area contributed by atoms with Crippen LogP contribution in [0.4, 0.5) is 13.2 Å². The van der Waals surface area contributed by atoms with Gasteiger partial charge in [-0.3, -0.25) is 19.6 Å². The van der Waals surface area contributed by atoms with Crippen molar-refractivity contribution in [3.05, 3.63) is 101 Å². The third kappa shape index (κ3) is 9.59. The summed E-state index contributed by atoms with van der Waals surface area (Å²) >= 11 is 0. The van der Waals surface area contributed by atoms with Crippen LogP contribution < -0.4 is 14.2 Å². The Hall–Kier alpha value is -4.24. The molecule has 0 radical (unpaired) electrons. The predicted molar refractivity (Wildman–Crippen MR) is 193 cm³/mol. The molecular weight excluding hydrogens is 722 g/mol. The van der Waals surface area contributed by atoms with Gasteiger partial charge in [-0.25, -0.2) is 4.98 Å². The lowest BCUT2D eigenvalue weighted by atomic mass is 9.81. The van der Waals surface area contributed by atoms with E-state index in [0.717, 1.165) is 16.8 Å². The number of carbonyl (C=O) groups excluding carboxylic acids is 1. The number of alkyl halides is 3. The molecule has 11 nitrogen and oxygen atoms in total. The number of ether oxygens (including phenoxy) is 3. The number of methoxy groups -OCH3 is 1. The summed E-state index contributed by atoms with van der Waals surface area (Å²) in [5, 5.41) is 0. The lowest BCUT2D eigenvalue weighted by Crippen LogP contribution is -2.67. The topological polar surface area (TPSA) is 106 Å². The van der Waals surface area contributed by atoms with Crippen LogP contribution in [0, 0.1) is 6.92 Å². The summed E-state index contributed by atoms with van der Waals surface area (Å²) in [6, 6.07) is 20.2. The molecule has 2 fully saturated rings. The van der Waals surface area contributed by atoms with Gasteiger partial charge in [0.05, 0.1) is 31.2 Å². The van der Waals surface area contributed by atoms with Gasteiger partial charge in [-0.1, -0.05) is 60.7 Å². The molecule has 1 amide bonds. The Morgan fingerprint density at radius 1 is 0.885 bits per heavy atom. The zero-order chi connectivity index (χ0) is 35.3. The molecular formula is C36H42Cl2F3N7O4. The first-order valence-electron chi connectivity index (χ1n) is 16.6. The highest BCUT2D eigenvalue weighted by atomic mass is 35.5. The van der Waals surface area contributed by atoms with Crippen molar-refractivity contribution in [1.29, 1.82) is 0 Å². The molecule has 2 aliphatic rings. The van der Waals surface area contributed by atoms with Gasteiger partial charge in [0, 0.05) is 63.5 Å². The number of rotatable bonds is 11. The third-order valence-electron chi connectivity index (χ3n) is 8.99. The molecule has 2 unspecified atom stereocenters. The van der Waals surface area contributed by atoms with Crippen LogP contribution in [0.2, 0.25) is 0 Å². The number of benzene rings is 2. The van der Waals surface area contributed by atoms with Crippen LogP contribution >= 0.6 is 24.8 Å². The number of hydrogen-bond donors (Lipinski definition) is 0. The Bertz CT molecular complexity index is 1700. The van der Waals surface area contributed by atoms with E-state index in [-0.39, 0.29) is 90.9 Å². The van der Waals surface area contributed by atoms with Crippen LogP contribution in [0.25, 0.3) is 0 Å². The van der Waals surface area contributed by atoms with Gasteiger partial charge in [0.1, 0.15) is 5.69 Å². The van der Waals surface area contributed by atoms with E-state index in [9.17, 15) is 18.0 Å². The van der Waals surface area contributed by atoms with Crippen LogP contribution in [0.5, 0.6) is 17.8 Å². The summed E-state index contributed by atoms with van der Waals surface area (Å²) in [7, 11) is 1.40. The number of amides is 1. The molecule has 52 heavy (non-hydrogen) atoms. The zero-order valence-electron chi connectivity index (χ0n) is 29.0. The quantitative estimate of drug-likeness (QED) is 0.192. The van der Waals surface area contributed by atoms with Crippen LogP contribution in [0.15, 0.2) is 73.1 Å². The van der Waals surface area contributed by atoms with Crippen LogP contribution in [-0.2, 0) is 6.54 Å². The largest absolute Gasteiger partial charge is 0.481 e. The molecule has 0 aliphatic carbocycles. The van der Waals surface area contributed by atoms with E-state index in [4.69, 9.17) is 14.2 Å². The molecule has 2 aromatic heterocycles. The number of piperazine rings is 2. The SMILES string of the molecule is CCOc1nc(OC)c(CN2CC3CN(C(=O)c4cnc(C)cn4)CCN3C(C(c3ccccc3)c3ccccc3)C2)c(OCC(F)(F)F)n1.Cl.Cl. The molecule has 2 aliphatic heterocycles. The summed E-state index contributed by atoms with van der Waals surface area (Å²) in [5.41, 5.74) is 3.55. The first kappa shape index (κ1) is 40.5. The highest BCUT2D eigenvalue weighted by Crippen LogP contribution is 2.38. The molecule has 2 atom stereocenters. The number of aromatic nitrogens is 4. The normalized spacial score (nSPS) is 17.8. The van der Waals surface area contributed by atoms with Crippen LogP contribution in [0.1, 0.15) is 45.7 Å². The Kier molecular flexibility index (Phi) is 14.0. The second kappa shape index (κ2) is 18.0. The molecule has 16 heteroatoms. The summed E-state index contributed by atoms with van der Waals surface area (Å²) in [6.07, 6.45) is -1.51. The molecule has 280 valence electrons. The number of fused-ring (bicyclic) bond motifs is 1. The van der Waals surface area contributed by atoms with E-state index in [2.05, 4.69) is 54.0 Å². The summed E-state index contributed by atoms with van der Waals surface area (Å²) < 4.78 is 56.4. The molecule has 4 heterocycles. The van der Waals surface area contributed by atoms with Gasteiger partial charge in [-0.05, 0) is 25.0 Å². The number of carbonyl (C=O) groups is 1. The molecule has 0 bridgehead atoms. The van der Waals surface area contributed by atoms with Crippen LogP contribution in [-0.4, -0.2) is 112 Å².